The normalized spacial score (nSPS) is 14.9. The summed E-state index contributed by atoms with van der Waals surface area (Å²) in [6.45, 7) is 5.80. The smallest absolute Gasteiger partial charge is 0.255 e. The van der Waals surface area contributed by atoms with Crippen LogP contribution in [0.5, 0.6) is 0 Å². The van der Waals surface area contributed by atoms with Gasteiger partial charge in [-0.05, 0) is 82.1 Å². The molecule has 0 unspecified atom stereocenters. The van der Waals surface area contributed by atoms with Crippen LogP contribution >= 0.6 is 0 Å². The lowest BCUT2D eigenvalue weighted by molar-refractivity contribution is 0.0918. The third-order valence-electron chi connectivity index (χ3n) is 5.02. The number of anilines is 2. The van der Waals surface area contributed by atoms with E-state index >= 15 is 0 Å². The molecule has 3 N–H and O–H groups in total. The zero-order chi connectivity index (χ0) is 20.9. The van der Waals surface area contributed by atoms with E-state index in [1.165, 1.54) is 32.1 Å². The molecule has 0 aliphatic heterocycles. The molecule has 1 aliphatic carbocycles. The van der Waals surface area contributed by atoms with Crippen LogP contribution in [0.15, 0.2) is 48.5 Å². The van der Waals surface area contributed by atoms with E-state index in [2.05, 4.69) is 16.0 Å². The number of benzene rings is 2. The minimum Gasteiger partial charge on any atom is -0.382 e. The van der Waals surface area contributed by atoms with Crippen molar-refractivity contribution in [1.29, 1.82) is 0 Å². The molecule has 0 heterocycles. The highest BCUT2D eigenvalue weighted by Gasteiger charge is 2.16. The van der Waals surface area contributed by atoms with Crippen molar-refractivity contribution < 1.29 is 9.59 Å². The van der Waals surface area contributed by atoms with Crippen molar-refractivity contribution in [3.63, 3.8) is 0 Å². The van der Waals surface area contributed by atoms with Crippen molar-refractivity contribution >= 4 is 23.2 Å². The first-order valence-electron chi connectivity index (χ1n) is 10.4. The van der Waals surface area contributed by atoms with Gasteiger partial charge >= 0.3 is 0 Å². The molecule has 2 aromatic carbocycles. The maximum atomic E-state index is 12.5. The van der Waals surface area contributed by atoms with E-state index in [-0.39, 0.29) is 17.4 Å². The average molecular weight is 394 g/mol. The molecule has 5 heteroatoms. The summed E-state index contributed by atoms with van der Waals surface area (Å²) in [4.78, 5) is 24.7. The summed E-state index contributed by atoms with van der Waals surface area (Å²) in [5, 5.41) is 9.40. The van der Waals surface area contributed by atoms with Gasteiger partial charge in [-0.25, -0.2) is 0 Å². The second-order valence-corrected chi connectivity index (χ2v) is 8.79. The summed E-state index contributed by atoms with van der Waals surface area (Å²) in [7, 11) is 0. The highest BCUT2D eigenvalue weighted by atomic mass is 16.2. The van der Waals surface area contributed by atoms with Crippen LogP contribution in [0.25, 0.3) is 0 Å². The van der Waals surface area contributed by atoms with Gasteiger partial charge < -0.3 is 16.0 Å². The van der Waals surface area contributed by atoms with Gasteiger partial charge in [0.15, 0.2) is 0 Å². The summed E-state index contributed by atoms with van der Waals surface area (Å²) in [6, 6.07) is 15.1. The summed E-state index contributed by atoms with van der Waals surface area (Å²) in [6.07, 6.45) is 6.38. The predicted octanol–water partition coefficient (Wildman–Crippen LogP) is 5.21. The van der Waals surface area contributed by atoms with Crippen molar-refractivity contribution in [2.75, 3.05) is 10.6 Å². The van der Waals surface area contributed by atoms with Gasteiger partial charge in [0.1, 0.15) is 0 Å². The van der Waals surface area contributed by atoms with Gasteiger partial charge in [0.05, 0.1) is 0 Å². The van der Waals surface area contributed by atoms with Gasteiger partial charge in [-0.15, -0.1) is 0 Å². The van der Waals surface area contributed by atoms with Crippen molar-refractivity contribution in [1.82, 2.24) is 5.32 Å². The van der Waals surface area contributed by atoms with E-state index in [4.69, 9.17) is 0 Å². The standard InChI is InChI=1S/C24H31N3O2/c1-24(2,3)27-23(29)18-11-9-17(10-12-18)22(28)26-21-15-13-20(14-16-21)25-19-7-5-4-6-8-19/h9-16,19,25H,4-8H2,1-3H3,(H,26,28)(H,27,29). The number of hydrogen-bond acceptors (Lipinski definition) is 3. The molecule has 29 heavy (non-hydrogen) atoms. The Morgan fingerprint density at radius 3 is 1.83 bits per heavy atom. The lowest BCUT2D eigenvalue weighted by Crippen LogP contribution is -2.40. The third kappa shape index (κ3) is 6.34. The molecule has 154 valence electrons. The summed E-state index contributed by atoms with van der Waals surface area (Å²) >= 11 is 0. The minimum absolute atomic E-state index is 0.148. The topological polar surface area (TPSA) is 70.2 Å². The second kappa shape index (κ2) is 9.12. The van der Waals surface area contributed by atoms with Gasteiger partial charge in [0, 0.05) is 34.1 Å². The van der Waals surface area contributed by atoms with Gasteiger partial charge in [-0.1, -0.05) is 19.3 Å². The SMILES string of the molecule is CC(C)(C)NC(=O)c1ccc(C(=O)Nc2ccc(NC3CCCCC3)cc2)cc1. The van der Waals surface area contributed by atoms with E-state index in [0.717, 1.165) is 11.4 Å². The zero-order valence-electron chi connectivity index (χ0n) is 17.5. The molecule has 3 rings (SSSR count). The van der Waals surface area contributed by atoms with Crippen LogP contribution in [0, 0.1) is 0 Å². The Balaban J connectivity index is 1.56. The fourth-order valence-electron chi connectivity index (χ4n) is 3.52. The fraction of sp³-hybridized carbons (Fsp3) is 0.417. The van der Waals surface area contributed by atoms with Gasteiger partial charge in [-0.2, -0.15) is 0 Å². The molecule has 2 amide bonds. The zero-order valence-corrected chi connectivity index (χ0v) is 17.5. The van der Waals surface area contributed by atoms with Crippen LogP contribution < -0.4 is 16.0 Å². The van der Waals surface area contributed by atoms with Gasteiger partial charge in [0.25, 0.3) is 11.8 Å². The first kappa shape index (κ1) is 20.9. The lowest BCUT2D eigenvalue weighted by atomic mass is 9.95. The Morgan fingerprint density at radius 1 is 0.759 bits per heavy atom. The highest BCUT2D eigenvalue weighted by molar-refractivity contribution is 6.05. The molecular weight excluding hydrogens is 362 g/mol. The molecule has 1 saturated carbocycles. The molecule has 0 bridgehead atoms. The van der Waals surface area contributed by atoms with Crippen LogP contribution in [0.1, 0.15) is 73.6 Å². The van der Waals surface area contributed by atoms with E-state index in [0.29, 0.717) is 17.2 Å². The summed E-state index contributed by atoms with van der Waals surface area (Å²) in [5.41, 5.74) is 2.59. The quantitative estimate of drug-likeness (QED) is 0.653. The monoisotopic (exact) mass is 393 g/mol. The first-order valence-corrected chi connectivity index (χ1v) is 10.4. The molecule has 0 atom stereocenters. The van der Waals surface area contributed by atoms with E-state index < -0.39 is 0 Å². The van der Waals surface area contributed by atoms with Crippen LogP contribution in [0.2, 0.25) is 0 Å². The molecule has 1 fully saturated rings. The third-order valence-corrected chi connectivity index (χ3v) is 5.02. The second-order valence-electron chi connectivity index (χ2n) is 8.79. The minimum atomic E-state index is -0.300. The van der Waals surface area contributed by atoms with Crippen molar-refractivity contribution in [3.05, 3.63) is 59.7 Å². The first-order chi connectivity index (χ1) is 13.8. The van der Waals surface area contributed by atoms with Crippen LogP contribution in [0.3, 0.4) is 0 Å². The summed E-state index contributed by atoms with van der Waals surface area (Å²) in [5.74, 6) is -0.341. The average Bonchev–Trinajstić information content (AvgIpc) is 2.69. The van der Waals surface area contributed by atoms with Gasteiger partial charge in [0.2, 0.25) is 0 Å². The predicted molar refractivity (Wildman–Crippen MR) is 119 cm³/mol. The summed E-state index contributed by atoms with van der Waals surface area (Å²) < 4.78 is 0. The van der Waals surface area contributed by atoms with Crippen LogP contribution in [-0.4, -0.2) is 23.4 Å². The van der Waals surface area contributed by atoms with Gasteiger partial charge in [-0.3, -0.25) is 9.59 Å². The number of nitrogens with one attached hydrogen (secondary N) is 3. The lowest BCUT2D eigenvalue weighted by Gasteiger charge is -2.23. The molecule has 1 aliphatic rings. The van der Waals surface area contributed by atoms with E-state index in [1.807, 2.05) is 45.0 Å². The van der Waals surface area contributed by atoms with E-state index in [9.17, 15) is 9.59 Å². The number of carbonyl (C=O) groups is 2. The van der Waals surface area contributed by atoms with Crippen LogP contribution in [-0.2, 0) is 0 Å². The number of rotatable bonds is 5. The van der Waals surface area contributed by atoms with Crippen molar-refractivity contribution in [3.8, 4) is 0 Å². The maximum Gasteiger partial charge on any atom is 0.255 e. The van der Waals surface area contributed by atoms with Crippen molar-refractivity contribution in [2.24, 2.45) is 0 Å². The molecule has 0 aromatic heterocycles. The van der Waals surface area contributed by atoms with E-state index in [1.54, 1.807) is 24.3 Å². The van der Waals surface area contributed by atoms with Crippen LogP contribution in [0.4, 0.5) is 11.4 Å². The Kier molecular flexibility index (Phi) is 6.57. The fourth-order valence-corrected chi connectivity index (χ4v) is 3.52. The number of carbonyl (C=O) groups excluding carboxylic acids is 2. The maximum absolute atomic E-state index is 12.5. The molecule has 0 saturated heterocycles. The van der Waals surface area contributed by atoms with Crippen molar-refractivity contribution in [2.45, 2.75) is 64.5 Å². The largest absolute Gasteiger partial charge is 0.382 e. The number of hydrogen-bond donors (Lipinski definition) is 3. The molecule has 0 radical (unpaired) electrons. The molecule has 2 aromatic rings. The molecular formula is C24H31N3O2. The number of amides is 2. The Labute approximate surface area is 173 Å². The molecule has 5 nitrogen and oxygen atoms in total. The highest BCUT2D eigenvalue weighted by Crippen LogP contribution is 2.22. The Morgan fingerprint density at radius 2 is 1.28 bits per heavy atom. The Bertz CT molecular complexity index is 830. The molecule has 0 spiro atoms. The Hall–Kier alpha value is -2.82.